The zero-order valence-corrected chi connectivity index (χ0v) is 13.6. The van der Waals surface area contributed by atoms with E-state index in [1.807, 2.05) is 42.5 Å². The second-order valence-corrected chi connectivity index (χ2v) is 5.13. The fraction of sp³-hybridized carbons (Fsp3) is 0.235. The van der Waals surface area contributed by atoms with Crippen molar-refractivity contribution < 1.29 is 14.3 Å². The van der Waals surface area contributed by atoms with Crippen LogP contribution in [-0.4, -0.2) is 26.3 Å². The highest BCUT2D eigenvalue weighted by Crippen LogP contribution is 2.16. The quantitative estimate of drug-likeness (QED) is 0.764. The summed E-state index contributed by atoms with van der Waals surface area (Å²) in [5.74, 6) is 1.50. The zero-order chi connectivity index (χ0) is 16.5. The van der Waals surface area contributed by atoms with Gasteiger partial charge < -0.3 is 20.1 Å². The van der Waals surface area contributed by atoms with Crippen LogP contribution >= 0.6 is 11.6 Å². The third-order valence-electron chi connectivity index (χ3n) is 3.11. The van der Waals surface area contributed by atoms with Crippen molar-refractivity contribution in [3.8, 4) is 11.5 Å². The Kier molecular flexibility index (Phi) is 6.56. The van der Waals surface area contributed by atoms with Crippen LogP contribution in [0.1, 0.15) is 5.56 Å². The van der Waals surface area contributed by atoms with Crippen molar-refractivity contribution in [1.82, 2.24) is 10.6 Å². The zero-order valence-electron chi connectivity index (χ0n) is 12.8. The first-order chi connectivity index (χ1) is 11.2. The number of rotatable bonds is 7. The van der Waals surface area contributed by atoms with Gasteiger partial charge in [-0.2, -0.15) is 0 Å². The predicted molar refractivity (Wildman–Crippen MR) is 90.2 cm³/mol. The molecule has 2 aromatic rings. The van der Waals surface area contributed by atoms with Crippen LogP contribution in [-0.2, 0) is 6.54 Å². The van der Waals surface area contributed by atoms with Crippen LogP contribution in [0.25, 0.3) is 0 Å². The molecular weight excluding hydrogens is 316 g/mol. The fourth-order valence-corrected chi connectivity index (χ4v) is 2.09. The van der Waals surface area contributed by atoms with E-state index in [4.69, 9.17) is 21.1 Å². The summed E-state index contributed by atoms with van der Waals surface area (Å²) in [7, 11) is 1.61. The van der Waals surface area contributed by atoms with Gasteiger partial charge in [0, 0.05) is 11.6 Å². The standard InChI is InChI=1S/C17H19ClN2O3/c1-22-14-6-8-15(9-7-14)23-11-10-19-17(21)20-12-13-4-2-3-5-16(13)18/h2-9H,10-12H2,1H3,(H2,19,20,21). The summed E-state index contributed by atoms with van der Waals surface area (Å²) in [6.07, 6.45) is 0. The predicted octanol–water partition coefficient (Wildman–Crippen LogP) is 3.23. The number of hydrogen-bond donors (Lipinski definition) is 2. The largest absolute Gasteiger partial charge is 0.497 e. The summed E-state index contributed by atoms with van der Waals surface area (Å²) in [4.78, 5) is 11.7. The molecule has 6 heteroatoms. The average Bonchev–Trinajstić information content (AvgIpc) is 2.58. The first-order valence-corrected chi connectivity index (χ1v) is 7.59. The highest BCUT2D eigenvalue weighted by Gasteiger charge is 2.03. The van der Waals surface area contributed by atoms with Crippen molar-refractivity contribution in [3.05, 3.63) is 59.1 Å². The molecule has 0 saturated carbocycles. The van der Waals surface area contributed by atoms with Gasteiger partial charge >= 0.3 is 6.03 Å². The van der Waals surface area contributed by atoms with Crippen LogP contribution in [0, 0.1) is 0 Å². The van der Waals surface area contributed by atoms with E-state index < -0.39 is 0 Å². The summed E-state index contributed by atoms with van der Waals surface area (Å²) < 4.78 is 10.6. The summed E-state index contributed by atoms with van der Waals surface area (Å²) in [6.45, 7) is 1.16. The highest BCUT2D eigenvalue weighted by molar-refractivity contribution is 6.31. The molecule has 0 bridgehead atoms. The minimum absolute atomic E-state index is 0.261. The summed E-state index contributed by atoms with van der Waals surface area (Å²) in [5, 5.41) is 6.10. The molecule has 2 rings (SSSR count). The molecule has 0 unspecified atom stereocenters. The number of ether oxygens (including phenoxy) is 2. The number of amides is 2. The van der Waals surface area contributed by atoms with E-state index in [0.717, 1.165) is 17.1 Å². The van der Waals surface area contributed by atoms with Crippen molar-refractivity contribution in [3.63, 3.8) is 0 Å². The van der Waals surface area contributed by atoms with Crippen molar-refractivity contribution in [2.24, 2.45) is 0 Å². The normalized spacial score (nSPS) is 10.0. The van der Waals surface area contributed by atoms with Gasteiger partial charge in [0.2, 0.25) is 0 Å². The molecule has 0 radical (unpaired) electrons. The van der Waals surface area contributed by atoms with Gasteiger partial charge in [0.05, 0.1) is 13.7 Å². The van der Waals surface area contributed by atoms with Crippen molar-refractivity contribution in [2.75, 3.05) is 20.3 Å². The van der Waals surface area contributed by atoms with Gasteiger partial charge in [-0.1, -0.05) is 29.8 Å². The molecule has 2 N–H and O–H groups in total. The number of nitrogens with one attached hydrogen (secondary N) is 2. The van der Waals surface area contributed by atoms with Gasteiger partial charge in [-0.15, -0.1) is 0 Å². The van der Waals surface area contributed by atoms with Gasteiger partial charge in [-0.25, -0.2) is 4.79 Å². The maximum atomic E-state index is 11.7. The third kappa shape index (κ3) is 5.71. The van der Waals surface area contributed by atoms with E-state index in [0.29, 0.717) is 24.7 Å². The maximum absolute atomic E-state index is 11.7. The molecule has 0 saturated heterocycles. The van der Waals surface area contributed by atoms with Crippen molar-refractivity contribution >= 4 is 17.6 Å². The number of carbonyl (C=O) groups is 1. The molecule has 0 aliphatic rings. The SMILES string of the molecule is COc1ccc(OCCNC(=O)NCc2ccccc2Cl)cc1. The lowest BCUT2D eigenvalue weighted by atomic mass is 10.2. The lowest BCUT2D eigenvalue weighted by Gasteiger charge is -2.10. The van der Waals surface area contributed by atoms with E-state index >= 15 is 0 Å². The second-order valence-electron chi connectivity index (χ2n) is 4.72. The minimum atomic E-state index is -0.261. The number of urea groups is 1. The van der Waals surface area contributed by atoms with Crippen molar-refractivity contribution in [2.45, 2.75) is 6.54 Å². The molecule has 0 aliphatic heterocycles. The maximum Gasteiger partial charge on any atom is 0.315 e. The van der Waals surface area contributed by atoms with E-state index in [9.17, 15) is 4.79 Å². The summed E-state index contributed by atoms with van der Waals surface area (Å²) in [6, 6.07) is 14.4. The lowest BCUT2D eigenvalue weighted by molar-refractivity contribution is 0.236. The van der Waals surface area contributed by atoms with Gasteiger partial charge in [0.1, 0.15) is 18.1 Å². The molecule has 23 heavy (non-hydrogen) atoms. The van der Waals surface area contributed by atoms with Crippen LogP contribution in [0.3, 0.4) is 0 Å². The molecule has 2 aromatic carbocycles. The first-order valence-electron chi connectivity index (χ1n) is 7.21. The topological polar surface area (TPSA) is 59.6 Å². The minimum Gasteiger partial charge on any atom is -0.497 e. The Balaban J connectivity index is 1.63. The molecular formula is C17H19ClN2O3. The Morgan fingerprint density at radius 1 is 1.04 bits per heavy atom. The Bertz CT molecular complexity index is 632. The number of benzene rings is 2. The van der Waals surface area contributed by atoms with Crippen LogP contribution < -0.4 is 20.1 Å². The van der Waals surface area contributed by atoms with E-state index in [1.54, 1.807) is 13.2 Å². The Hall–Kier alpha value is -2.40. The van der Waals surface area contributed by atoms with Gasteiger partial charge in [0.25, 0.3) is 0 Å². The Labute approximate surface area is 140 Å². The molecule has 122 valence electrons. The lowest BCUT2D eigenvalue weighted by Crippen LogP contribution is -2.37. The van der Waals surface area contributed by atoms with E-state index in [1.165, 1.54) is 0 Å². The van der Waals surface area contributed by atoms with E-state index in [-0.39, 0.29) is 6.03 Å². The molecule has 0 fully saturated rings. The fourth-order valence-electron chi connectivity index (χ4n) is 1.89. The number of hydrogen-bond acceptors (Lipinski definition) is 3. The second kappa shape index (κ2) is 8.90. The molecule has 0 aromatic heterocycles. The van der Waals surface area contributed by atoms with E-state index in [2.05, 4.69) is 10.6 Å². The molecule has 0 aliphatic carbocycles. The van der Waals surface area contributed by atoms with Gasteiger partial charge in [-0.05, 0) is 35.9 Å². The summed E-state index contributed by atoms with van der Waals surface area (Å²) in [5.41, 5.74) is 0.874. The number of methoxy groups -OCH3 is 1. The Morgan fingerprint density at radius 3 is 2.43 bits per heavy atom. The smallest absolute Gasteiger partial charge is 0.315 e. The molecule has 2 amide bonds. The molecule has 5 nitrogen and oxygen atoms in total. The Morgan fingerprint density at radius 2 is 1.74 bits per heavy atom. The molecule has 0 heterocycles. The number of halogens is 1. The number of carbonyl (C=O) groups excluding carboxylic acids is 1. The molecule has 0 atom stereocenters. The van der Waals surface area contributed by atoms with Gasteiger partial charge in [-0.3, -0.25) is 0 Å². The monoisotopic (exact) mass is 334 g/mol. The average molecular weight is 335 g/mol. The van der Waals surface area contributed by atoms with Crippen LogP contribution in [0.4, 0.5) is 4.79 Å². The van der Waals surface area contributed by atoms with Crippen LogP contribution in [0.15, 0.2) is 48.5 Å². The third-order valence-corrected chi connectivity index (χ3v) is 3.48. The van der Waals surface area contributed by atoms with Gasteiger partial charge in [0.15, 0.2) is 0 Å². The summed E-state index contributed by atoms with van der Waals surface area (Å²) >= 11 is 6.02. The van der Waals surface area contributed by atoms with Crippen LogP contribution in [0.2, 0.25) is 5.02 Å². The highest BCUT2D eigenvalue weighted by atomic mass is 35.5. The van der Waals surface area contributed by atoms with Crippen molar-refractivity contribution in [1.29, 1.82) is 0 Å². The first kappa shape index (κ1) is 17.0. The van der Waals surface area contributed by atoms with Crippen LogP contribution in [0.5, 0.6) is 11.5 Å². The molecule has 0 spiro atoms.